The van der Waals surface area contributed by atoms with Gasteiger partial charge in [-0.25, -0.2) is 9.59 Å². The van der Waals surface area contributed by atoms with Gasteiger partial charge in [0.1, 0.15) is 5.54 Å². The van der Waals surface area contributed by atoms with Crippen LogP contribution in [0.25, 0.3) is 0 Å². The van der Waals surface area contributed by atoms with Crippen molar-refractivity contribution in [2.75, 3.05) is 33.5 Å². The Labute approximate surface area is 106 Å². The van der Waals surface area contributed by atoms with E-state index in [2.05, 4.69) is 10.6 Å². The first-order chi connectivity index (χ1) is 8.60. The Morgan fingerprint density at radius 1 is 1.28 bits per heavy atom. The fraction of sp³-hybridized carbons (Fsp3) is 0.818. The maximum Gasteiger partial charge on any atom is 0.329 e. The number of ether oxygens (including phenoxy) is 2. The van der Waals surface area contributed by atoms with Crippen LogP contribution >= 0.6 is 0 Å². The smallest absolute Gasteiger partial charge is 0.329 e. The molecule has 1 saturated carbocycles. The number of carboxylic acid groups (broad SMARTS) is 1. The molecule has 0 aliphatic heterocycles. The molecule has 0 saturated heterocycles. The van der Waals surface area contributed by atoms with Gasteiger partial charge in [-0.15, -0.1) is 0 Å². The summed E-state index contributed by atoms with van der Waals surface area (Å²) in [5.41, 5.74) is -1.07. The first-order valence-corrected chi connectivity index (χ1v) is 5.97. The summed E-state index contributed by atoms with van der Waals surface area (Å²) < 4.78 is 9.95. The molecule has 0 atom stereocenters. The van der Waals surface area contributed by atoms with Gasteiger partial charge in [0, 0.05) is 13.7 Å². The predicted molar refractivity (Wildman–Crippen MR) is 63.4 cm³/mol. The average molecular weight is 260 g/mol. The molecular formula is C11H20N2O5. The molecule has 0 bridgehead atoms. The highest BCUT2D eigenvalue weighted by molar-refractivity contribution is 5.87. The van der Waals surface area contributed by atoms with E-state index in [1.807, 2.05) is 0 Å². The summed E-state index contributed by atoms with van der Waals surface area (Å²) in [6.07, 6.45) is 1.80. The van der Waals surface area contributed by atoms with Gasteiger partial charge >= 0.3 is 12.0 Å². The molecule has 1 fully saturated rings. The lowest BCUT2D eigenvalue weighted by Crippen LogP contribution is -2.61. The minimum absolute atomic E-state index is 0.339. The third-order valence-corrected chi connectivity index (χ3v) is 2.93. The van der Waals surface area contributed by atoms with Crippen molar-refractivity contribution in [2.45, 2.75) is 24.8 Å². The zero-order chi connectivity index (χ0) is 13.4. The number of hydrogen-bond donors (Lipinski definition) is 3. The Hall–Kier alpha value is -1.34. The number of amides is 2. The Morgan fingerprint density at radius 2 is 2.00 bits per heavy atom. The third-order valence-electron chi connectivity index (χ3n) is 2.93. The Kier molecular flexibility index (Phi) is 5.87. The first kappa shape index (κ1) is 14.7. The highest BCUT2D eigenvalue weighted by Crippen LogP contribution is 2.31. The highest BCUT2D eigenvalue weighted by atomic mass is 16.5. The molecule has 0 aromatic heterocycles. The van der Waals surface area contributed by atoms with Crippen molar-refractivity contribution in [3.8, 4) is 0 Å². The van der Waals surface area contributed by atoms with Crippen molar-refractivity contribution in [1.82, 2.24) is 10.6 Å². The maximum absolute atomic E-state index is 11.5. The van der Waals surface area contributed by atoms with Crippen LogP contribution in [0.5, 0.6) is 0 Å². The standard InChI is InChI=1S/C11H20N2O5/c1-17-7-8-18-6-5-12-10(16)13-11(9(14)15)3-2-4-11/h2-8H2,1H3,(H,14,15)(H2,12,13,16). The summed E-state index contributed by atoms with van der Waals surface area (Å²) >= 11 is 0. The topological polar surface area (TPSA) is 96.9 Å². The van der Waals surface area contributed by atoms with Crippen LogP contribution in [-0.4, -0.2) is 56.1 Å². The van der Waals surface area contributed by atoms with Gasteiger partial charge in [-0.3, -0.25) is 0 Å². The molecule has 1 aliphatic carbocycles. The van der Waals surface area contributed by atoms with E-state index >= 15 is 0 Å². The molecule has 7 heteroatoms. The number of hydrogen-bond acceptors (Lipinski definition) is 4. The lowest BCUT2D eigenvalue weighted by atomic mass is 9.77. The van der Waals surface area contributed by atoms with Gasteiger partial charge in [0.15, 0.2) is 0 Å². The fourth-order valence-electron chi connectivity index (χ4n) is 1.67. The summed E-state index contributed by atoms with van der Waals surface area (Å²) in [5, 5.41) is 14.1. The molecule has 0 heterocycles. The molecule has 3 N–H and O–H groups in total. The van der Waals surface area contributed by atoms with Gasteiger partial charge < -0.3 is 25.2 Å². The predicted octanol–water partition coefficient (Wildman–Crippen LogP) is -0.0441. The number of carboxylic acids is 1. The SMILES string of the molecule is COCCOCCNC(=O)NC1(C(=O)O)CCC1. The van der Waals surface area contributed by atoms with Gasteiger partial charge in [-0.2, -0.15) is 0 Å². The van der Waals surface area contributed by atoms with Crippen LogP contribution in [0.4, 0.5) is 4.79 Å². The monoisotopic (exact) mass is 260 g/mol. The third kappa shape index (κ3) is 4.15. The van der Waals surface area contributed by atoms with Crippen LogP contribution in [0.1, 0.15) is 19.3 Å². The van der Waals surface area contributed by atoms with Crippen molar-refractivity contribution in [2.24, 2.45) is 0 Å². The number of methoxy groups -OCH3 is 1. The molecule has 0 radical (unpaired) electrons. The highest BCUT2D eigenvalue weighted by Gasteiger charge is 2.45. The zero-order valence-corrected chi connectivity index (χ0v) is 10.5. The van der Waals surface area contributed by atoms with E-state index in [0.717, 1.165) is 6.42 Å². The van der Waals surface area contributed by atoms with Crippen LogP contribution in [0.15, 0.2) is 0 Å². The number of carbonyl (C=O) groups excluding carboxylic acids is 1. The minimum atomic E-state index is -1.07. The first-order valence-electron chi connectivity index (χ1n) is 5.97. The number of rotatable bonds is 8. The van der Waals surface area contributed by atoms with E-state index in [1.54, 1.807) is 7.11 Å². The van der Waals surface area contributed by atoms with Gasteiger partial charge in [-0.1, -0.05) is 0 Å². The molecule has 0 unspecified atom stereocenters. The molecule has 0 aromatic carbocycles. The average Bonchev–Trinajstić information content (AvgIpc) is 2.28. The lowest BCUT2D eigenvalue weighted by Gasteiger charge is -2.38. The van der Waals surface area contributed by atoms with Crippen LogP contribution in [-0.2, 0) is 14.3 Å². The Bertz CT molecular complexity index is 291. The minimum Gasteiger partial charge on any atom is -0.480 e. The molecular weight excluding hydrogens is 240 g/mol. The fourth-order valence-corrected chi connectivity index (χ4v) is 1.67. The van der Waals surface area contributed by atoms with Crippen LogP contribution in [0.3, 0.4) is 0 Å². The van der Waals surface area contributed by atoms with Crippen LogP contribution in [0.2, 0.25) is 0 Å². The van der Waals surface area contributed by atoms with Crippen molar-refractivity contribution < 1.29 is 24.2 Å². The van der Waals surface area contributed by atoms with E-state index in [0.29, 0.717) is 39.2 Å². The Morgan fingerprint density at radius 3 is 2.50 bits per heavy atom. The second-order valence-corrected chi connectivity index (χ2v) is 4.23. The largest absolute Gasteiger partial charge is 0.480 e. The van der Waals surface area contributed by atoms with Crippen molar-refractivity contribution in [3.05, 3.63) is 0 Å². The van der Waals surface area contributed by atoms with Crippen molar-refractivity contribution >= 4 is 12.0 Å². The number of carbonyl (C=O) groups is 2. The number of aliphatic carboxylic acids is 1. The molecule has 1 aliphatic rings. The van der Waals surface area contributed by atoms with Gasteiger partial charge in [-0.05, 0) is 19.3 Å². The van der Waals surface area contributed by atoms with E-state index in [4.69, 9.17) is 14.6 Å². The van der Waals surface area contributed by atoms with Gasteiger partial charge in [0.2, 0.25) is 0 Å². The molecule has 0 aromatic rings. The second-order valence-electron chi connectivity index (χ2n) is 4.23. The number of nitrogens with one attached hydrogen (secondary N) is 2. The molecule has 104 valence electrons. The molecule has 2 amide bonds. The van der Waals surface area contributed by atoms with Crippen molar-refractivity contribution in [1.29, 1.82) is 0 Å². The molecule has 7 nitrogen and oxygen atoms in total. The van der Waals surface area contributed by atoms with Gasteiger partial charge in [0.25, 0.3) is 0 Å². The van der Waals surface area contributed by atoms with Gasteiger partial charge in [0.05, 0.1) is 19.8 Å². The van der Waals surface area contributed by atoms with E-state index in [-0.39, 0.29) is 0 Å². The molecule has 1 rings (SSSR count). The maximum atomic E-state index is 11.5. The van der Waals surface area contributed by atoms with Crippen LogP contribution < -0.4 is 10.6 Å². The summed E-state index contributed by atoms with van der Waals surface area (Å²) in [7, 11) is 1.58. The second kappa shape index (κ2) is 7.17. The normalized spacial score (nSPS) is 16.7. The summed E-state index contributed by atoms with van der Waals surface area (Å²) in [4.78, 5) is 22.5. The summed E-state index contributed by atoms with van der Waals surface area (Å²) in [6.45, 7) is 1.69. The lowest BCUT2D eigenvalue weighted by molar-refractivity contribution is -0.148. The van der Waals surface area contributed by atoms with Crippen molar-refractivity contribution in [3.63, 3.8) is 0 Å². The number of urea groups is 1. The molecule has 0 spiro atoms. The van der Waals surface area contributed by atoms with E-state index < -0.39 is 17.5 Å². The molecule has 18 heavy (non-hydrogen) atoms. The van der Waals surface area contributed by atoms with E-state index in [9.17, 15) is 9.59 Å². The summed E-state index contributed by atoms with van der Waals surface area (Å²) in [5.74, 6) is -0.972. The van der Waals surface area contributed by atoms with E-state index in [1.165, 1.54) is 0 Å². The quantitative estimate of drug-likeness (QED) is 0.532. The zero-order valence-electron chi connectivity index (χ0n) is 10.5. The Balaban J connectivity index is 2.12. The summed E-state index contributed by atoms with van der Waals surface area (Å²) in [6, 6.07) is -0.465. The van der Waals surface area contributed by atoms with Crippen LogP contribution in [0, 0.1) is 0 Å².